The first-order chi connectivity index (χ1) is 8.67. The van der Waals surface area contributed by atoms with Crippen LogP contribution in [-0.4, -0.2) is 23.3 Å². The molecule has 0 saturated heterocycles. The Bertz CT molecular complexity index is 381. The van der Waals surface area contributed by atoms with Crippen LogP contribution in [0.3, 0.4) is 0 Å². The zero-order chi connectivity index (χ0) is 13.4. The largest absolute Gasteiger partial charge is 0.332 e. The van der Waals surface area contributed by atoms with Crippen LogP contribution in [-0.2, 0) is 11.3 Å². The van der Waals surface area contributed by atoms with Gasteiger partial charge in [-0.1, -0.05) is 26.3 Å². The number of urea groups is 1. The van der Waals surface area contributed by atoms with Gasteiger partial charge in [0.15, 0.2) is 0 Å². The Morgan fingerprint density at radius 1 is 1.50 bits per heavy atom. The summed E-state index contributed by atoms with van der Waals surface area (Å²) in [5.41, 5.74) is 0.767. The van der Waals surface area contributed by atoms with Crippen molar-refractivity contribution in [3.63, 3.8) is 0 Å². The van der Waals surface area contributed by atoms with Crippen LogP contribution in [0.2, 0.25) is 0 Å². The fourth-order valence-corrected chi connectivity index (χ4v) is 1.39. The second kappa shape index (κ2) is 7.42. The van der Waals surface area contributed by atoms with Gasteiger partial charge >= 0.3 is 6.03 Å². The number of aromatic nitrogens is 1. The summed E-state index contributed by atoms with van der Waals surface area (Å²) in [4.78, 5) is 26.4. The van der Waals surface area contributed by atoms with Gasteiger partial charge in [-0.2, -0.15) is 0 Å². The van der Waals surface area contributed by atoms with Crippen LogP contribution in [0, 0.1) is 5.92 Å². The molecule has 2 N–H and O–H groups in total. The number of hydrogen-bond donors (Lipinski definition) is 2. The minimum Gasteiger partial charge on any atom is -0.332 e. The highest BCUT2D eigenvalue weighted by Crippen LogP contribution is 2.05. The van der Waals surface area contributed by atoms with Crippen LogP contribution in [0.5, 0.6) is 0 Å². The van der Waals surface area contributed by atoms with Gasteiger partial charge in [0.05, 0.1) is 18.3 Å². The van der Waals surface area contributed by atoms with Gasteiger partial charge in [0.2, 0.25) is 6.29 Å². The van der Waals surface area contributed by atoms with E-state index in [1.165, 1.54) is 0 Å². The van der Waals surface area contributed by atoms with Crippen molar-refractivity contribution in [1.82, 2.24) is 15.6 Å². The monoisotopic (exact) mass is 248 g/mol. The standard InChI is InChI=1S/C13H18N3O2/c1-3-10(2)12(9-17)16-13(18)15-8-11-6-4-5-7-14-11/h4-7,10,12H,3,8H2,1-2H3,(H2,15,16,18)/t10-,12+/m0/s1. The molecule has 1 radical (unpaired) electrons. The van der Waals surface area contributed by atoms with Crippen LogP contribution in [0.25, 0.3) is 0 Å². The van der Waals surface area contributed by atoms with E-state index in [1.807, 2.05) is 38.3 Å². The van der Waals surface area contributed by atoms with Crippen LogP contribution < -0.4 is 10.6 Å². The minimum absolute atomic E-state index is 0.0723. The van der Waals surface area contributed by atoms with E-state index >= 15 is 0 Å². The number of pyridine rings is 1. The van der Waals surface area contributed by atoms with Crippen molar-refractivity contribution in [2.75, 3.05) is 0 Å². The number of rotatable bonds is 6. The van der Waals surface area contributed by atoms with Crippen molar-refractivity contribution in [1.29, 1.82) is 0 Å². The second-order valence-corrected chi connectivity index (χ2v) is 4.13. The summed E-state index contributed by atoms with van der Waals surface area (Å²) in [6.45, 7) is 4.19. The van der Waals surface area contributed by atoms with Gasteiger partial charge in [0.25, 0.3) is 0 Å². The van der Waals surface area contributed by atoms with Gasteiger partial charge in [0.1, 0.15) is 0 Å². The summed E-state index contributed by atoms with van der Waals surface area (Å²) in [6.07, 6.45) is 4.31. The Kier molecular flexibility index (Phi) is 5.84. The minimum atomic E-state index is -0.571. The summed E-state index contributed by atoms with van der Waals surface area (Å²) < 4.78 is 0. The highest BCUT2D eigenvalue weighted by Gasteiger charge is 2.17. The molecule has 0 aliphatic heterocycles. The van der Waals surface area contributed by atoms with Crippen molar-refractivity contribution in [3.05, 3.63) is 30.1 Å². The summed E-state index contributed by atoms with van der Waals surface area (Å²) in [6, 6.07) is 4.53. The van der Waals surface area contributed by atoms with E-state index in [0.29, 0.717) is 6.54 Å². The molecule has 0 aliphatic carbocycles. The number of amides is 2. The molecular weight excluding hydrogens is 230 g/mol. The highest BCUT2D eigenvalue weighted by atomic mass is 16.2. The molecule has 1 heterocycles. The molecule has 0 saturated carbocycles. The highest BCUT2D eigenvalue weighted by molar-refractivity contribution is 5.78. The molecule has 0 unspecified atom stereocenters. The van der Waals surface area contributed by atoms with Gasteiger partial charge in [-0.15, -0.1) is 0 Å². The smallest absolute Gasteiger partial charge is 0.315 e. The molecule has 1 aromatic rings. The van der Waals surface area contributed by atoms with Crippen molar-refractivity contribution >= 4 is 12.3 Å². The molecule has 0 aromatic carbocycles. The topological polar surface area (TPSA) is 71.1 Å². The third-order valence-corrected chi connectivity index (χ3v) is 2.78. The molecule has 0 spiro atoms. The Labute approximate surface area is 107 Å². The summed E-state index contributed by atoms with van der Waals surface area (Å²) in [5, 5.41) is 5.24. The Morgan fingerprint density at radius 3 is 2.83 bits per heavy atom. The molecule has 5 nitrogen and oxygen atoms in total. The molecule has 0 aliphatic rings. The predicted octanol–water partition coefficient (Wildman–Crippen LogP) is 1.41. The average molecular weight is 248 g/mol. The Hall–Kier alpha value is -1.91. The summed E-state index contributed by atoms with van der Waals surface area (Å²) >= 11 is 0. The van der Waals surface area contributed by atoms with Crippen LogP contribution in [0.4, 0.5) is 4.79 Å². The van der Waals surface area contributed by atoms with E-state index in [-0.39, 0.29) is 11.9 Å². The van der Waals surface area contributed by atoms with Gasteiger partial charge in [-0.05, 0) is 18.1 Å². The molecule has 0 bridgehead atoms. The maximum Gasteiger partial charge on any atom is 0.315 e. The average Bonchev–Trinajstić information content (AvgIpc) is 2.42. The maximum absolute atomic E-state index is 11.6. The molecule has 1 rings (SSSR count). The lowest BCUT2D eigenvalue weighted by Crippen LogP contribution is -2.45. The van der Waals surface area contributed by atoms with E-state index in [2.05, 4.69) is 15.6 Å². The van der Waals surface area contributed by atoms with Crippen molar-refractivity contribution in [3.8, 4) is 0 Å². The molecule has 2 amide bonds. The van der Waals surface area contributed by atoms with Gasteiger partial charge in [0, 0.05) is 6.20 Å². The predicted molar refractivity (Wildman–Crippen MR) is 68.5 cm³/mol. The fraction of sp³-hybridized carbons (Fsp3) is 0.462. The molecule has 0 fully saturated rings. The molecule has 5 heteroatoms. The molecular formula is C13H18N3O2. The van der Waals surface area contributed by atoms with E-state index < -0.39 is 6.04 Å². The zero-order valence-electron chi connectivity index (χ0n) is 10.6. The third kappa shape index (κ3) is 4.53. The van der Waals surface area contributed by atoms with E-state index in [9.17, 15) is 9.59 Å². The van der Waals surface area contributed by atoms with Gasteiger partial charge in [-0.3, -0.25) is 9.78 Å². The maximum atomic E-state index is 11.6. The first kappa shape index (κ1) is 14.2. The van der Waals surface area contributed by atoms with Crippen molar-refractivity contribution in [2.45, 2.75) is 32.9 Å². The second-order valence-electron chi connectivity index (χ2n) is 4.13. The lowest BCUT2D eigenvalue weighted by Gasteiger charge is -2.18. The lowest BCUT2D eigenvalue weighted by molar-refractivity contribution is 0.235. The normalized spacial score (nSPS) is 13.4. The number of nitrogens with one attached hydrogen (secondary N) is 2. The molecule has 18 heavy (non-hydrogen) atoms. The Morgan fingerprint density at radius 2 is 2.28 bits per heavy atom. The SMILES string of the molecule is CC[C@H](C)[C@@H]([C]=O)NC(=O)NCc1ccccn1. The number of nitrogens with zero attached hydrogens (tertiary/aromatic N) is 1. The first-order valence-corrected chi connectivity index (χ1v) is 5.99. The van der Waals surface area contributed by atoms with E-state index in [4.69, 9.17) is 0 Å². The van der Waals surface area contributed by atoms with E-state index in [0.717, 1.165) is 12.1 Å². The quantitative estimate of drug-likeness (QED) is 0.799. The zero-order valence-corrected chi connectivity index (χ0v) is 10.6. The molecule has 2 atom stereocenters. The first-order valence-electron chi connectivity index (χ1n) is 5.99. The van der Waals surface area contributed by atoms with Crippen LogP contribution in [0.1, 0.15) is 26.0 Å². The summed E-state index contributed by atoms with van der Waals surface area (Å²) in [7, 11) is 0. The molecule has 97 valence electrons. The van der Waals surface area contributed by atoms with Gasteiger partial charge < -0.3 is 10.6 Å². The fourth-order valence-electron chi connectivity index (χ4n) is 1.39. The van der Waals surface area contributed by atoms with Gasteiger partial charge in [-0.25, -0.2) is 4.79 Å². The number of carbonyl (C=O) groups is 1. The Balaban J connectivity index is 2.39. The lowest BCUT2D eigenvalue weighted by atomic mass is 10.0. The van der Waals surface area contributed by atoms with Crippen molar-refractivity contribution < 1.29 is 9.59 Å². The molecule has 1 aromatic heterocycles. The van der Waals surface area contributed by atoms with Crippen LogP contribution >= 0.6 is 0 Å². The summed E-state index contributed by atoms with van der Waals surface area (Å²) in [5.74, 6) is 0.0723. The van der Waals surface area contributed by atoms with Crippen LogP contribution in [0.15, 0.2) is 24.4 Å². The number of carbonyl (C=O) groups excluding carboxylic acids is 2. The van der Waals surface area contributed by atoms with E-state index in [1.54, 1.807) is 6.20 Å². The van der Waals surface area contributed by atoms with Crippen molar-refractivity contribution in [2.24, 2.45) is 5.92 Å². The third-order valence-electron chi connectivity index (χ3n) is 2.78. The number of hydrogen-bond acceptors (Lipinski definition) is 3.